The van der Waals surface area contributed by atoms with Crippen LogP contribution in [0, 0.1) is 0 Å². The van der Waals surface area contributed by atoms with Gasteiger partial charge in [-0.25, -0.2) is 0 Å². The molecule has 0 aliphatic carbocycles. The molecule has 3 aromatic carbocycles. The average molecular weight is 484 g/mol. The second-order valence-corrected chi connectivity index (χ2v) is 9.21. The summed E-state index contributed by atoms with van der Waals surface area (Å²) < 4.78 is 4.80. The number of phenolic OH excluding ortho intramolecular Hbond substituents is 1. The van der Waals surface area contributed by atoms with Crippen molar-refractivity contribution >= 4 is 40.2 Å². The van der Waals surface area contributed by atoms with Crippen molar-refractivity contribution in [2.24, 2.45) is 0 Å². The molecule has 0 saturated carbocycles. The van der Waals surface area contributed by atoms with Gasteiger partial charge in [-0.15, -0.1) is 15.0 Å². The minimum atomic E-state index is -0.569. The van der Waals surface area contributed by atoms with E-state index >= 15 is 0 Å². The maximum atomic E-state index is 11.8. The van der Waals surface area contributed by atoms with Gasteiger partial charge in [0.2, 0.25) is 0 Å². The van der Waals surface area contributed by atoms with Crippen LogP contribution in [0.1, 0.15) is 37.0 Å². The van der Waals surface area contributed by atoms with Gasteiger partial charge in [0.15, 0.2) is 0 Å². The summed E-state index contributed by atoms with van der Waals surface area (Å²) in [6.45, 7) is 4.04. The maximum absolute atomic E-state index is 11.8. The molecule has 6 nitrogen and oxygen atoms in total. The van der Waals surface area contributed by atoms with Crippen LogP contribution in [0.25, 0.3) is 16.7 Å². The highest BCUT2D eigenvalue weighted by atomic mass is 35.5. The largest absolute Gasteiger partial charge is 0.505 e. The number of carbonyl (C=O) groups excluding carboxylic acids is 1. The van der Waals surface area contributed by atoms with Crippen LogP contribution in [0.3, 0.4) is 0 Å². The van der Waals surface area contributed by atoms with Gasteiger partial charge in [0, 0.05) is 27.4 Å². The summed E-state index contributed by atoms with van der Waals surface area (Å²) in [5.41, 5.74) is 3.62. The summed E-state index contributed by atoms with van der Waals surface area (Å²) in [5, 5.41) is 21.6. The van der Waals surface area contributed by atoms with E-state index in [1.165, 1.54) is 11.9 Å². The highest BCUT2D eigenvalue weighted by molar-refractivity contribution is 6.31. The maximum Gasteiger partial charge on any atom is 0.305 e. The minimum Gasteiger partial charge on any atom is -0.505 e. The fourth-order valence-corrected chi connectivity index (χ4v) is 4.11. The van der Waals surface area contributed by atoms with E-state index in [-0.39, 0.29) is 18.1 Å². The fraction of sp³-hybridized carbons (Fsp3) is 0.240. The lowest BCUT2D eigenvalue weighted by molar-refractivity contribution is -0.140. The highest BCUT2D eigenvalue weighted by Crippen LogP contribution is 2.41. The molecule has 0 amide bonds. The van der Waals surface area contributed by atoms with Crippen LogP contribution in [0.2, 0.25) is 10.0 Å². The van der Waals surface area contributed by atoms with E-state index in [4.69, 9.17) is 27.9 Å². The number of aromatic hydroxyl groups is 1. The molecule has 4 aromatic rings. The summed E-state index contributed by atoms with van der Waals surface area (Å²) >= 11 is 12.2. The first-order valence-corrected chi connectivity index (χ1v) is 11.2. The first-order chi connectivity index (χ1) is 15.7. The summed E-state index contributed by atoms with van der Waals surface area (Å²) in [5.74, 6) is -0.246. The van der Waals surface area contributed by atoms with Crippen molar-refractivity contribution in [1.29, 1.82) is 0 Å². The van der Waals surface area contributed by atoms with Gasteiger partial charge < -0.3 is 9.84 Å². The van der Waals surface area contributed by atoms with E-state index in [0.29, 0.717) is 38.8 Å². The number of hydrogen-bond acceptors (Lipinski definition) is 5. The van der Waals surface area contributed by atoms with Gasteiger partial charge in [-0.2, -0.15) is 0 Å². The Morgan fingerprint density at radius 2 is 1.67 bits per heavy atom. The van der Waals surface area contributed by atoms with Gasteiger partial charge in [0.1, 0.15) is 22.5 Å². The van der Waals surface area contributed by atoms with Crippen molar-refractivity contribution in [2.75, 3.05) is 7.11 Å². The van der Waals surface area contributed by atoms with Gasteiger partial charge in [-0.05, 0) is 53.9 Å². The third kappa shape index (κ3) is 4.68. The number of hydrogen-bond donors (Lipinski definition) is 1. The monoisotopic (exact) mass is 483 g/mol. The zero-order chi connectivity index (χ0) is 23.8. The highest BCUT2D eigenvalue weighted by Gasteiger charge is 2.29. The predicted molar refractivity (Wildman–Crippen MR) is 129 cm³/mol. The van der Waals surface area contributed by atoms with Crippen LogP contribution in [0.15, 0.2) is 54.6 Å². The number of methoxy groups -OCH3 is 1. The van der Waals surface area contributed by atoms with E-state index in [9.17, 15) is 9.90 Å². The van der Waals surface area contributed by atoms with E-state index in [1.807, 2.05) is 44.2 Å². The summed E-state index contributed by atoms with van der Waals surface area (Å²) in [6.07, 6.45) is 0.655. The number of ether oxygens (including phenoxy) is 1. The standard InChI is InChI=1S/C25H23Cl2N3O3/c1-25(2,16-5-7-17(26)8-6-16)19-12-15(4-11-23(31)33-3)13-22(24(19)32)30-28-20-10-9-18(27)14-21(20)29-30/h5-10,12-14,32H,4,11H2,1-3H3. The summed E-state index contributed by atoms with van der Waals surface area (Å²) in [7, 11) is 1.37. The van der Waals surface area contributed by atoms with E-state index in [2.05, 4.69) is 10.2 Å². The Hall–Kier alpha value is -3.09. The Kier molecular flexibility index (Phi) is 6.32. The quantitative estimate of drug-likeness (QED) is 0.347. The zero-order valence-corrected chi connectivity index (χ0v) is 20.0. The van der Waals surface area contributed by atoms with Crippen LogP contribution in [-0.4, -0.2) is 33.2 Å². The first kappa shape index (κ1) is 23.1. The van der Waals surface area contributed by atoms with Crippen LogP contribution in [-0.2, 0) is 21.4 Å². The number of fused-ring (bicyclic) bond motifs is 1. The summed E-state index contributed by atoms with van der Waals surface area (Å²) in [6, 6.07) is 16.5. The molecule has 0 aliphatic rings. The number of carbonyl (C=O) groups is 1. The third-order valence-corrected chi connectivity index (χ3v) is 6.28. The van der Waals surface area contributed by atoms with Crippen LogP contribution in [0.4, 0.5) is 0 Å². The molecular formula is C25H23Cl2N3O3. The fourth-order valence-electron chi connectivity index (χ4n) is 3.82. The number of phenols is 1. The molecule has 4 rings (SSSR count). The molecule has 1 heterocycles. The van der Waals surface area contributed by atoms with Crippen molar-refractivity contribution in [3.8, 4) is 11.4 Å². The Balaban J connectivity index is 1.87. The van der Waals surface area contributed by atoms with Gasteiger partial charge in [-0.3, -0.25) is 4.79 Å². The first-order valence-electron chi connectivity index (χ1n) is 10.4. The second kappa shape index (κ2) is 9.04. The molecule has 1 N–H and O–H groups in total. The van der Waals surface area contributed by atoms with Crippen LogP contribution < -0.4 is 0 Å². The van der Waals surface area contributed by atoms with E-state index < -0.39 is 5.41 Å². The lowest BCUT2D eigenvalue weighted by Gasteiger charge is -2.28. The van der Waals surface area contributed by atoms with E-state index in [0.717, 1.165) is 11.1 Å². The van der Waals surface area contributed by atoms with Crippen molar-refractivity contribution in [3.63, 3.8) is 0 Å². The number of halogens is 2. The Bertz CT molecular complexity index is 1330. The molecule has 0 aliphatic heterocycles. The predicted octanol–water partition coefficient (Wildman–Crippen LogP) is 5.86. The molecule has 33 heavy (non-hydrogen) atoms. The lowest BCUT2D eigenvalue weighted by atomic mass is 9.76. The van der Waals surface area contributed by atoms with Crippen LogP contribution >= 0.6 is 23.2 Å². The number of esters is 1. The van der Waals surface area contributed by atoms with Gasteiger partial charge in [0.05, 0.1) is 7.11 Å². The second-order valence-electron chi connectivity index (χ2n) is 8.34. The zero-order valence-electron chi connectivity index (χ0n) is 18.5. The smallest absolute Gasteiger partial charge is 0.305 e. The molecule has 0 atom stereocenters. The average Bonchev–Trinajstić information content (AvgIpc) is 3.21. The molecule has 8 heteroatoms. The number of rotatable bonds is 6. The van der Waals surface area contributed by atoms with Crippen molar-refractivity contribution in [2.45, 2.75) is 32.1 Å². The topological polar surface area (TPSA) is 77.2 Å². The van der Waals surface area contributed by atoms with Crippen molar-refractivity contribution in [3.05, 3.63) is 81.3 Å². The Morgan fingerprint density at radius 3 is 2.36 bits per heavy atom. The molecule has 0 fully saturated rings. The Morgan fingerprint density at radius 1 is 1.00 bits per heavy atom. The summed E-state index contributed by atoms with van der Waals surface area (Å²) in [4.78, 5) is 13.2. The Labute approximate surface area is 201 Å². The molecule has 0 bridgehead atoms. The SMILES string of the molecule is COC(=O)CCc1cc(-n2nc3ccc(Cl)cc3n2)c(O)c(C(C)(C)c2ccc(Cl)cc2)c1. The minimum absolute atomic E-state index is 0.0585. The molecule has 170 valence electrons. The van der Waals surface area contributed by atoms with Gasteiger partial charge >= 0.3 is 5.97 Å². The molecule has 0 radical (unpaired) electrons. The number of aryl methyl sites for hydroxylation is 1. The van der Waals surface area contributed by atoms with Gasteiger partial charge in [-0.1, -0.05) is 55.2 Å². The lowest BCUT2D eigenvalue weighted by Crippen LogP contribution is -2.20. The van der Waals surface area contributed by atoms with Crippen molar-refractivity contribution in [1.82, 2.24) is 15.0 Å². The molecule has 1 aromatic heterocycles. The molecule has 0 unspecified atom stereocenters. The molecule has 0 saturated heterocycles. The van der Waals surface area contributed by atoms with Gasteiger partial charge in [0.25, 0.3) is 0 Å². The number of aromatic nitrogens is 3. The molecular weight excluding hydrogens is 461 g/mol. The van der Waals surface area contributed by atoms with E-state index in [1.54, 1.807) is 24.3 Å². The molecule has 0 spiro atoms. The van der Waals surface area contributed by atoms with Crippen molar-refractivity contribution < 1.29 is 14.6 Å². The third-order valence-electron chi connectivity index (χ3n) is 5.79. The number of benzene rings is 3. The van der Waals surface area contributed by atoms with Crippen LogP contribution in [0.5, 0.6) is 5.75 Å². The normalized spacial score (nSPS) is 11.7. The number of nitrogens with zero attached hydrogens (tertiary/aromatic N) is 3.